The van der Waals surface area contributed by atoms with E-state index < -0.39 is 10.0 Å². The number of ether oxygens (including phenoxy) is 1. The predicted molar refractivity (Wildman–Crippen MR) is 122 cm³/mol. The molecule has 164 valence electrons. The highest BCUT2D eigenvalue weighted by molar-refractivity contribution is 7.92. The molecule has 1 saturated heterocycles. The highest BCUT2D eigenvalue weighted by Crippen LogP contribution is 2.37. The summed E-state index contributed by atoms with van der Waals surface area (Å²) < 4.78 is 36.3. The summed E-state index contributed by atoms with van der Waals surface area (Å²) in [5.41, 5.74) is 2.93. The lowest BCUT2D eigenvalue weighted by atomic mass is 10.0. The SMILES string of the molecule is CCc1ccc(N(C2CC2)S(=O)(=O)c2ccc3c(cnn3CC3CCOCC3)c2)cc1. The van der Waals surface area contributed by atoms with Crippen molar-refractivity contribution in [1.82, 2.24) is 9.78 Å². The number of hydrogen-bond donors (Lipinski definition) is 0. The zero-order valence-electron chi connectivity index (χ0n) is 17.9. The minimum Gasteiger partial charge on any atom is -0.381 e. The quantitative estimate of drug-likeness (QED) is 0.548. The number of aryl methyl sites for hydroxylation is 1. The van der Waals surface area contributed by atoms with E-state index in [4.69, 9.17) is 4.74 Å². The maximum Gasteiger partial charge on any atom is 0.264 e. The van der Waals surface area contributed by atoms with E-state index in [0.717, 1.165) is 68.5 Å². The molecule has 0 atom stereocenters. The number of anilines is 1. The van der Waals surface area contributed by atoms with Crippen LogP contribution >= 0.6 is 0 Å². The Balaban J connectivity index is 1.45. The van der Waals surface area contributed by atoms with Crippen LogP contribution in [0.4, 0.5) is 5.69 Å². The molecule has 2 fully saturated rings. The zero-order valence-corrected chi connectivity index (χ0v) is 18.7. The Labute approximate surface area is 183 Å². The smallest absolute Gasteiger partial charge is 0.264 e. The van der Waals surface area contributed by atoms with Crippen molar-refractivity contribution in [3.8, 4) is 0 Å². The Morgan fingerprint density at radius 3 is 2.48 bits per heavy atom. The van der Waals surface area contributed by atoms with E-state index in [1.165, 1.54) is 5.56 Å². The standard InChI is InChI=1S/C24H29N3O3S/c1-2-18-3-5-21(6-4-18)27(22-7-8-22)31(28,29)23-9-10-24-20(15-23)16-25-26(24)17-19-11-13-30-14-12-19/h3-6,9-10,15-16,19,22H,2,7-8,11-14,17H2,1H3. The molecule has 7 heteroatoms. The van der Waals surface area contributed by atoms with Gasteiger partial charge in [0.2, 0.25) is 0 Å². The summed E-state index contributed by atoms with van der Waals surface area (Å²) in [4.78, 5) is 0.331. The van der Waals surface area contributed by atoms with Gasteiger partial charge in [0, 0.05) is 31.2 Å². The van der Waals surface area contributed by atoms with Gasteiger partial charge in [-0.25, -0.2) is 8.42 Å². The molecule has 2 heterocycles. The van der Waals surface area contributed by atoms with Gasteiger partial charge in [0.25, 0.3) is 10.0 Å². The van der Waals surface area contributed by atoms with E-state index >= 15 is 0 Å². The van der Waals surface area contributed by atoms with E-state index in [1.54, 1.807) is 22.6 Å². The molecule has 5 rings (SSSR count). The molecule has 0 bridgehead atoms. The largest absolute Gasteiger partial charge is 0.381 e. The lowest BCUT2D eigenvalue weighted by Gasteiger charge is -2.25. The first-order valence-electron chi connectivity index (χ1n) is 11.2. The average molecular weight is 440 g/mol. The fourth-order valence-electron chi connectivity index (χ4n) is 4.39. The van der Waals surface area contributed by atoms with Crippen LogP contribution in [0.2, 0.25) is 0 Å². The van der Waals surface area contributed by atoms with Crippen LogP contribution in [0, 0.1) is 5.92 Å². The van der Waals surface area contributed by atoms with Gasteiger partial charge < -0.3 is 4.74 Å². The first-order chi connectivity index (χ1) is 15.1. The van der Waals surface area contributed by atoms with Crippen molar-refractivity contribution in [2.24, 2.45) is 5.92 Å². The van der Waals surface area contributed by atoms with Gasteiger partial charge in [-0.3, -0.25) is 8.99 Å². The molecule has 0 unspecified atom stereocenters. The summed E-state index contributed by atoms with van der Waals surface area (Å²) in [6, 6.07) is 13.3. The van der Waals surface area contributed by atoms with Gasteiger partial charge in [-0.05, 0) is 73.9 Å². The van der Waals surface area contributed by atoms with Crippen molar-refractivity contribution in [1.29, 1.82) is 0 Å². The van der Waals surface area contributed by atoms with Gasteiger partial charge in [-0.2, -0.15) is 5.10 Å². The lowest BCUT2D eigenvalue weighted by Crippen LogP contribution is -2.33. The third kappa shape index (κ3) is 4.08. The normalized spacial score (nSPS) is 17.8. The Morgan fingerprint density at radius 1 is 1.06 bits per heavy atom. The molecule has 0 amide bonds. The molecule has 1 aromatic heterocycles. The van der Waals surface area contributed by atoms with Crippen molar-refractivity contribution < 1.29 is 13.2 Å². The Bertz CT molecular complexity index is 1160. The maximum absolute atomic E-state index is 13.6. The van der Waals surface area contributed by atoms with Crippen molar-refractivity contribution in [3.63, 3.8) is 0 Å². The Kier molecular flexibility index (Phi) is 5.48. The van der Waals surface area contributed by atoms with Crippen LogP contribution in [0.3, 0.4) is 0 Å². The highest BCUT2D eigenvalue weighted by atomic mass is 32.2. The Hall–Kier alpha value is -2.38. The van der Waals surface area contributed by atoms with Crippen molar-refractivity contribution in [2.45, 2.75) is 56.5 Å². The van der Waals surface area contributed by atoms with E-state index in [9.17, 15) is 8.42 Å². The summed E-state index contributed by atoms with van der Waals surface area (Å²) >= 11 is 0. The minimum atomic E-state index is -3.64. The van der Waals surface area contributed by atoms with Crippen LogP contribution in [0.1, 0.15) is 38.2 Å². The molecule has 2 aliphatic rings. The molecule has 1 aliphatic carbocycles. The van der Waals surface area contributed by atoms with Gasteiger partial charge in [0.15, 0.2) is 0 Å². The van der Waals surface area contributed by atoms with Crippen molar-refractivity contribution in [2.75, 3.05) is 17.5 Å². The van der Waals surface area contributed by atoms with Gasteiger partial charge in [-0.15, -0.1) is 0 Å². The van der Waals surface area contributed by atoms with Gasteiger partial charge in [-0.1, -0.05) is 19.1 Å². The second-order valence-corrected chi connectivity index (χ2v) is 10.5. The van der Waals surface area contributed by atoms with E-state index in [-0.39, 0.29) is 6.04 Å². The fourth-order valence-corrected chi connectivity index (χ4v) is 6.14. The molecule has 1 saturated carbocycles. The third-order valence-electron chi connectivity index (χ3n) is 6.42. The molecule has 0 N–H and O–H groups in total. The van der Waals surface area contributed by atoms with Crippen LogP contribution in [0.15, 0.2) is 53.6 Å². The number of aromatic nitrogens is 2. The number of hydrogen-bond acceptors (Lipinski definition) is 4. The second-order valence-electron chi connectivity index (χ2n) is 8.66. The Morgan fingerprint density at radius 2 is 1.81 bits per heavy atom. The lowest BCUT2D eigenvalue weighted by molar-refractivity contribution is 0.0605. The fraction of sp³-hybridized carbons (Fsp3) is 0.458. The minimum absolute atomic E-state index is 0.0458. The average Bonchev–Trinajstić information content (AvgIpc) is 3.54. The summed E-state index contributed by atoms with van der Waals surface area (Å²) in [6.45, 7) is 4.56. The molecular formula is C24H29N3O3S. The molecular weight excluding hydrogens is 410 g/mol. The van der Waals surface area contributed by atoms with Crippen LogP contribution in [0.25, 0.3) is 10.9 Å². The molecule has 0 radical (unpaired) electrons. The summed E-state index contributed by atoms with van der Waals surface area (Å²) in [6.07, 6.45) is 6.61. The first kappa shape index (κ1) is 20.5. The second kappa shape index (κ2) is 8.28. The van der Waals surface area contributed by atoms with Gasteiger partial charge in [0.1, 0.15) is 0 Å². The predicted octanol–water partition coefficient (Wildman–Crippen LogP) is 4.38. The first-order valence-corrected chi connectivity index (χ1v) is 12.7. The monoisotopic (exact) mass is 439 g/mol. The van der Waals surface area contributed by atoms with Crippen LogP contribution in [-0.2, 0) is 27.7 Å². The number of benzene rings is 2. The summed E-state index contributed by atoms with van der Waals surface area (Å²) in [5, 5.41) is 5.42. The third-order valence-corrected chi connectivity index (χ3v) is 8.30. The number of fused-ring (bicyclic) bond motifs is 1. The van der Waals surface area contributed by atoms with Gasteiger partial charge in [0.05, 0.1) is 22.3 Å². The highest BCUT2D eigenvalue weighted by Gasteiger charge is 2.38. The maximum atomic E-state index is 13.6. The number of nitrogens with zero attached hydrogens (tertiary/aromatic N) is 3. The van der Waals surface area contributed by atoms with Gasteiger partial charge >= 0.3 is 0 Å². The van der Waals surface area contributed by atoms with Crippen molar-refractivity contribution >= 4 is 26.6 Å². The van der Waals surface area contributed by atoms with Crippen molar-refractivity contribution in [3.05, 3.63) is 54.2 Å². The van der Waals surface area contributed by atoms with Crippen LogP contribution < -0.4 is 4.31 Å². The zero-order chi connectivity index (χ0) is 21.4. The van der Waals surface area contributed by atoms with E-state index in [0.29, 0.717) is 10.8 Å². The molecule has 6 nitrogen and oxygen atoms in total. The molecule has 2 aromatic carbocycles. The molecule has 1 aliphatic heterocycles. The van der Waals surface area contributed by atoms with Crippen LogP contribution in [-0.4, -0.2) is 37.5 Å². The van der Waals surface area contributed by atoms with E-state index in [2.05, 4.69) is 12.0 Å². The molecule has 31 heavy (non-hydrogen) atoms. The number of sulfonamides is 1. The molecule has 3 aromatic rings. The van der Waals surface area contributed by atoms with Crippen LogP contribution in [0.5, 0.6) is 0 Å². The summed E-state index contributed by atoms with van der Waals surface area (Å²) in [7, 11) is -3.64. The summed E-state index contributed by atoms with van der Waals surface area (Å²) in [5.74, 6) is 0.553. The number of rotatable bonds is 7. The topological polar surface area (TPSA) is 64.4 Å². The van der Waals surface area contributed by atoms with E-state index in [1.807, 2.05) is 35.0 Å². The molecule has 0 spiro atoms.